The summed E-state index contributed by atoms with van der Waals surface area (Å²) >= 11 is 0. The monoisotopic (exact) mass is 394 g/mol. The third-order valence-electron chi connectivity index (χ3n) is 5.31. The molecule has 2 aromatic rings. The van der Waals surface area contributed by atoms with Crippen molar-refractivity contribution in [2.24, 2.45) is 0 Å². The molecule has 0 saturated carbocycles. The Balaban J connectivity index is 1.47. The maximum atomic E-state index is 13.1. The summed E-state index contributed by atoms with van der Waals surface area (Å²) in [7, 11) is 0. The quantitative estimate of drug-likeness (QED) is 0.848. The van der Waals surface area contributed by atoms with E-state index in [-0.39, 0.29) is 29.5 Å². The summed E-state index contributed by atoms with van der Waals surface area (Å²) in [6.45, 7) is 5.78. The highest BCUT2D eigenvalue weighted by molar-refractivity contribution is 5.45. The Morgan fingerprint density at radius 2 is 2.07 bits per heavy atom. The molecule has 1 unspecified atom stereocenters. The lowest BCUT2D eigenvalue weighted by atomic mass is 10.0. The zero-order chi connectivity index (χ0) is 19.9. The first kappa shape index (κ1) is 18.9. The molecule has 1 N–H and O–H groups in total. The SMILES string of the molecule is CC[C@]1(C)CN(c2cnc(Oc3ccc4c(c3)C(C(F)(F)F)OC4)nc2)CN1. The maximum Gasteiger partial charge on any atom is 0.418 e. The minimum Gasteiger partial charge on any atom is -0.424 e. The number of alkyl halides is 3. The average molecular weight is 394 g/mol. The first-order chi connectivity index (χ1) is 13.3. The van der Waals surface area contributed by atoms with E-state index in [1.54, 1.807) is 24.5 Å². The van der Waals surface area contributed by atoms with Crippen LogP contribution in [0.25, 0.3) is 0 Å². The fourth-order valence-corrected chi connectivity index (χ4v) is 3.42. The van der Waals surface area contributed by atoms with Gasteiger partial charge in [0.25, 0.3) is 0 Å². The zero-order valence-corrected chi connectivity index (χ0v) is 15.6. The number of nitrogens with one attached hydrogen (secondary N) is 1. The van der Waals surface area contributed by atoms with Crippen molar-refractivity contribution in [3.8, 4) is 11.8 Å². The molecular weight excluding hydrogens is 373 g/mol. The number of nitrogens with zero attached hydrogens (tertiary/aromatic N) is 3. The molecule has 3 heterocycles. The molecule has 1 aromatic heterocycles. The van der Waals surface area contributed by atoms with Crippen LogP contribution in [0.15, 0.2) is 30.6 Å². The number of fused-ring (bicyclic) bond motifs is 1. The molecule has 150 valence electrons. The fourth-order valence-electron chi connectivity index (χ4n) is 3.42. The van der Waals surface area contributed by atoms with Crippen LogP contribution < -0.4 is 15.0 Å². The Morgan fingerprint density at radius 1 is 1.32 bits per heavy atom. The van der Waals surface area contributed by atoms with Crippen molar-refractivity contribution in [3.63, 3.8) is 0 Å². The number of halogens is 3. The molecule has 0 amide bonds. The molecule has 1 saturated heterocycles. The van der Waals surface area contributed by atoms with Gasteiger partial charge < -0.3 is 14.4 Å². The summed E-state index contributed by atoms with van der Waals surface area (Å²) in [5.74, 6) is 0.243. The summed E-state index contributed by atoms with van der Waals surface area (Å²) in [6.07, 6.45) is -2.07. The van der Waals surface area contributed by atoms with Crippen molar-refractivity contribution in [2.45, 2.75) is 44.7 Å². The zero-order valence-electron chi connectivity index (χ0n) is 15.6. The number of hydrogen-bond donors (Lipinski definition) is 1. The number of ether oxygens (including phenoxy) is 2. The number of rotatable bonds is 4. The molecule has 28 heavy (non-hydrogen) atoms. The molecule has 9 heteroatoms. The van der Waals surface area contributed by atoms with Crippen molar-refractivity contribution in [3.05, 3.63) is 41.7 Å². The second kappa shape index (κ2) is 6.89. The Bertz CT molecular complexity index is 859. The van der Waals surface area contributed by atoms with Crippen LogP contribution >= 0.6 is 0 Å². The first-order valence-corrected chi connectivity index (χ1v) is 9.08. The Hall–Kier alpha value is -2.39. The molecule has 2 atom stereocenters. The van der Waals surface area contributed by atoms with Gasteiger partial charge in [-0.3, -0.25) is 5.32 Å². The topological polar surface area (TPSA) is 59.5 Å². The van der Waals surface area contributed by atoms with E-state index in [1.165, 1.54) is 6.07 Å². The Labute approximate surface area is 160 Å². The molecule has 0 radical (unpaired) electrons. The molecule has 0 aliphatic carbocycles. The second-order valence-corrected chi connectivity index (χ2v) is 7.37. The number of benzene rings is 1. The minimum atomic E-state index is -4.46. The van der Waals surface area contributed by atoms with Crippen molar-refractivity contribution in [2.75, 3.05) is 18.1 Å². The molecule has 2 aliphatic heterocycles. The van der Waals surface area contributed by atoms with E-state index in [2.05, 4.69) is 34.0 Å². The summed E-state index contributed by atoms with van der Waals surface area (Å²) in [6, 6.07) is 4.59. The lowest BCUT2D eigenvalue weighted by Crippen LogP contribution is -2.38. The van der Waals surface area contributed by atoms with Crippen molar-refractivity contribution >= 4 is 5.69 Å². The standard InChI is InChI=1S/C19H21F3N4O2/c1-3-18(2)10-26(11-25-18)13-7-23-17(24-8-13)28-14-5-4-12-9-27-16(15(12)6-14)19(20,21)22/h4-8,16,25H,3,9-11H2,1-2H3/t16?,18-/m1/s1. The minimum absolute atomic E-state index is 0.0523. The maximum absolute atomic E-state index is 13.1. The van der Waals surface area contributed by atoms with Gasteiger partial charge in [-0.05, 0) is 36.6 Å². The van der Waals surface area contributed by atoms with Gasteiger partial charge in [0, 0.05) is 12.1 Å². The number of anilines is 1. The van der Waals surface area contributed by atoms with Crippen LogP contribution in [0.5, 0.6) is 11.8 Å². The lowest BCUT2D eigenvalue weighted by molar-refractivity contribution is -0.219. The van der Waals surface area contributed by atoms with Gasteiger partial charge in [0.2, 0.25) is 0 Å². The van der Waals surface area contributed by atoms with Crippen molar-refractivity contribution in [1.82, 2.24) is 15.3 Å². The summed E-state index contributed by atoms with van der Waals surface area (Å²) in [5.41, 5.74) is 1.49. The van der Waals surface area contributed by atoms with Gasteiger partial charge in [0.05, 0.1) is 31.4 Å². The van der Waals surface area contributed by atoms with Crippen LogP contribution in [-0.4, -0.2) is 34.9 Å². The molecule has 0 bridgehead atoms. The van der Waals surface area contributed by atoms with E-state index in [0.717, 1.165) is 18.7 Å². The van der Waals surface area contributed by atoms with Gasteiger partial charge in [-0.25, -0.2) is 9.97 Å². The van der Waals surface area contributed by atoms with Gasteiger partial charge in [-0.2, -0.15) is 13.2 Å². The van der Waals surface area contributed by atoms with E-state index in [4.69, 9.17) is 9.47 Å². The van der Waals surface area contributed by atoms with Crippen molar-refractivity contribution < 1.29 is 22.6 Å². The highest BCUT2D eigenvalue weighted by atomic mass is 19.4. The molecule has 6 nitrogen and oxygen atoms in total. The number of hydrogen-bond acceptors (Lipinski definition) is 6. The molecule has 0 spiro atoms. The van der Waals surface area contributed by atoms with Crippen LogP contribution in [0.1, 0.15) is 37.5 Å². The largest absolute Gasteiger partial charge is 0.424 e. The second-order valence-electron chi connectivity index (χ2n) is 7.37. The summed E-state index contributed by atoms with van der Waals surface area (Å²) in [5, 5.41) is 3.46. The molecular formula is C19H21F3N4O2. The first-order valence-electron chi connectivity index (χ1n) is 9.08. The van der Waals surface area contributed by atoms with Gasteiger partial charge in [0.1, 0.15) is 5.75 Å². The van der Waals surface area contributed by atoms with E-state index in [0.29, 0.717) is 12.2 Å². The van der Waals surface area contributed by atoms with E-state index in [1.807, 2.05) is 0 Å². The van der Waals surface area contributed by atoms with Crippen LogP contribution in [0.2, 0.25) is 0 Å². The van der Waals surface area contributed by atoms with Gasteiger partial charge in [-0.15, -0.1) is 0 Å². The van der Waals surface area contributed by atoms with Gasteiger partial charge in [0.15, 0.2) is 6.10 Å². The van der Waals surface area contributed by atoms with Gasteiger partial charge in [-0.1, -0.05) is 13.0 Å². The van der Waals surface area contributed by atoms with Crippen LogP contribution in [0.4, 0.5) is 18.9 Å². The molecule has 4 rings (SSSR count). The third kappa shape index (κ3) is 3.64. The van der Waals surface area contributed by atoms with E-state index < -0.39 is 12.3 Å². The van der Waals surface area contributed by atoms with Crippen LogP contribution in [0, 0.1) is 0 Å². The average Bonchev–Trinajstić information content (AvgIpc) is 3.26. The summed E-state index contributed by atoms with van der Waals surface area (Å²) in [4.78, 5) is 10.5. The van der Waals surface area contributed by atoms with Crippen LogP contribution in [0.3, 0.4) is 0 Å². The smallest absolute Gasteiger partial charge is 0.418 e. The molecule has 1 fully saturated rings. The summed E-state index contributed by atoms with van der Waals surface area (Å²) < 4.78 is 49.6. The molecule has 2 aliphatic rings. The fraction of sp³-hybridized carbons (Fsp3) is 0.474. The number of aromatic nitrogens is 2. The van der Waals surface area contributed by atoms with E-state index in [9.17, 15) is 13.2 Å². The lowest BCUT2D eigenvalue weighted by Gasteiger charge is -2.22. The van der Waals surface area contributed by atoms with Gasteiger partial charge >= 0.3 is 12.2 Å². The van der Waals surface area contributed by atoms with Crippen LogP contribution in [-0.2, 0) is 11.3 Å². The third-order valence-corrected chi connectivity index (χ3v) is 5.31. The Morgan fingerprint density at radius 3 is 2.71 bits per heavy atom. The highest BCUT2D eigenvalue weighted by Crippen LogP contribution is 2.43. The van der Waals surface area contributed by atoms with Crippen molar-refractivity contribution in [1.29, 1.82) is 0 Å². The van der Waals surface area contributed by atoms with E-state index >= 15 is 0 Å². The predicted molar refractivity (Wildman–Crippen MR) is 96.2 cm³/mol. The molecule has 1 aromatic carbocycles. The normalized spacial score (nSPS) is 24.5. The highest BCUT2D eigenvalue weighted by Gasteiger charge is 2.46. The Kier molecular flexibility index (Phi) is 4.67. The predicted octanol–water partition coefficient (Wildman–Crippen LogP) is 3.94.